The summed E-state index contributed by atoms with van der Waals surface area (Å²) in [5.74, 6) is 1.07. The van der Waals surface area contributed by atoms with Gasteiger partial charge in [-0.3, -0.25) is 4.79 Å². The molecule has 0 bridgehead atoms. The molecule has 3 heterocycles. The van der Waals surface area contributed by atoms with Crippen molar-refractivity contribution in [1.82, 2.24) is 14.6 Å². The number of ether oxygens (including phenoxy) is 1. The van der Waals surface area contributed by atoms with Crippen LogP contribution in [0.15, 0.2) is 65.8 Å². The summed E-state index contributed by atoms with van der Waals surface area (Å²) in [7, 11) is 0. The number of anilines is 1. The quantitative estimate of drug-likeness (QED) is 0.268. The van der Waals surface area contributed by atoms with Crippen LogP contribution in [0.2, 0.25) is 0 Å². The Balaban J connectivity index is 1.49. The van der Waals surface area contributed by atoms with Crippen LogP contribution in [0.4, 0.5) is 5.69 Å². The fourth-order valence-corrected chi connectivity index (χ4v) is 6.00. The maximum Gasteiger partial charge on any atom is 0.238 e. The van der Waals surface area contributed by atoms with E-state index < -0.39 is 5.54 Å². The van der Waals surface area contributed by atoms with E-state index in [2.05, 4.69) is 52.0 Å². The average molecular weight is 513 g/mol. The number of benzene rings is 2. The molecule has 1 aliphatic rings. The Morgan fingerprint density at radius 1 is 1.05 bits per heavy atom. The molecule has 7 heteroatoms. The summed E-state index contributed by atoms with van der Waals surface area (Å²) in [6.45, 7) is 12.9. The summed E-state index contributed by atoms with van der Waals surface area (Å²) in [4.78, 5) is 20.7. The highest BCUT2D eigenvalue weighted by atomic mass is 32.2. The molecule has 0 aliphatic carbocycles. The molecule has 1 amide bonds. The second kappa shape index (κ2) is 9.71. The lowest BCUT2D eigenvalue weighted by molar-refractivity contribution is -0.116. The van der Waals surface area contributed by atoms with Crippen molar-refractivity contribution in [3.63, 3.8) is 0 Å². The Morgan fingerprint density at radius 2 is 1.81 bits per heavy atom. The van der Waals surface area contributed by atoms with Gasteiger partial charge in [-0.25, -0.2) is 9.50 Å². The van der Waals surface area contributed by atoms with Crippen molar-refractivity contribution in [1.29, 1.82) is 0 Å². The van der Waals surface area contributed by atoms with Crippen LogP contribution in [-0.2, 0) is 4.79 Å². The first-order chi connectivity index (χ1) is 17.7. The molecular formula is C30H32N4O2S. The zero-order valence-electron chi connectivity index (χ0n) is 22.2. The largest absolute Gasteiger partial charge is 0.494 e. The third-order valence-corrected chi connectivity index (χ3v) is 7.51. The van der Waals surface area contributed by atoms with Crippen molar-refractivity contribution in [2.24, 2.45) is 0 Å². The van der Waals surface area contributed by atoms with E-state index in [1.54, 1.807) is 0 Å². The highest BCUT2D eigenvalue weighted by molar-refractivity contribution is 7.99. The van der Waals surface area contributed by atoms with Crippen LogP contribution in [0.5, 0.6) is 5.75 Å². The van der Waals surface area contributed by atoms with Crippen LogP contribution in [0, 0.1) is 13.8 Å². The van der Waals surface area contributed by atoms with E-state index in [9.17, 15) is 4.79 Å². The van der Waals surface area contributed by atoms with Crippen LogP contribution >= 0.6 is 11.8 Å². The minimum absolute atomic E-state index is 0.0200. The number of allylic oxidation sites excluding steroid dienone is 1. The Kier molecular flexibility index (Phi) is 6.58. The van der Waals surface area contributed by atoms with E-state index in [1.165, 1.54) is 11.8 Å². The lowest BCUT2D eigenvalue weighted by Crippen LogP contribution is -2.49. The minimum atomic E-state index is -0.461. The molecule has 0 unspecified atom stereocenters. The zero-order chi connectivity index (χ0) is 26.3. The van der Waals surface area contributed by atoms with Gasteiger partial charge < -0.3 is 9.64 Å². The number of hydrogen-bond donors (Lipinski definition) is 0. The fourth-order valence-electron chi connectivity index (χ4n) is 5.21. The third-order valence-electron chi connectivity index (χ3n) is 6.59. The van der Waals surface area contributed by atoms with Crippen molar-refractivity contribution in [2.75, 3.05) is 17.3 Å². The maximum absolute atomic E-state index is 13.8. The summed E-state index contributed by atoms with van der Waals surface area (Å²) >= 11 is 1.42. The number of carbonyl (C=O) groups is 1. The molecule has 4 aromatic rings. The van der Waals surface area contributed by atoms with Crippen LogP contribution in [-0.4, -0.2) is 38.4 Å². The number of hydrogen-bond acceptors (Lipinski definition) is 5. The highest BCUT2D eigenvalue weighted by Gasteiger charge is 2.36. The summed E-state index contributed by atoms with van der Waals surface area (Å²) < 4.78 is 7.61. The average Bonchev–Trinajstić information content (AvgIpc) is 3.22. The molecule has 5 rings (SSSR count). The zero-order valence-corrected chi connectivity index (χ0v) is 23.0. The molecule has 0 saturated carbocycles. The molecule has 0 radical (unpaired) electrons. The Morgan fingerprint density at radius 3 is 2.54 bits per heavy atom. The Labute approximate surface area is 222 Å². The highest BCUT2D eigenvalue weighted by Crippen LogP contribution is 2.41. The first-order valence-corrected chi connectivity index (χ1v) is 13.5. The Hall–Kier alpha value is -3.58. The number of rotatable bonds is 6. The monoisotopic (exact) mass is 512 g/mol. The molecule has 2 aromatic heterocycles. The van der Waals surface area contributed by atoms with E-state index in [-0.39, 0.29) is 11.7 Å². The van der Waals surface area contributed by atoms with Gasteiger partial charge in [-0.15, -0.1) is 0 Å². The Bertz CT molecular complexity index is 1520. The van der Waals surface area contributed by atoms with Crippen LogP contribution < -0.4 is 9.64 Å². The second-order valence-electron chi connectivity index (χ2n) is 9.95. The van der Waals surface area contributed by atoms with Crippen molar-refractivity contribution in [3.05, 3.63) is 77.5 Å². The van der Waals surface area contributed by atoms with Crippen LogP contribution in [0.1, 0.15) is 44.5 Å². The normalized spacial score (nSPS) is 14.4. The van der Waals surface area contributed by atoms with Gasteiger partial charge >= 0.3 is 0 Å². The van der Waals surface area contributed by atoms with E-state index in [4.69, 9.17) is 14.8 Å². The standard InChI is InChI=1S/C30H32N4O2S/c1-7-36-23-13-14-25-24(16-23)20(3)17-30(5,6)33(25)26(35)18-37-29-31-27(22-11-9-8-10-12-22)28-19(2)15-21(4)32-34(28)29/h8-17H,7,18H2,1-6H3. The molecule has 0 saturated heterocycles. The second-order valence-corrected chi connectivity index (χ2v) is 10.9. The maximum atomic E-state index is 13.8. The van der Waals surface area contributed by atoms with Gasteiger partial charge in [0.05, 0.1) is 40.5 Å². The number of amides is 1. The van der Waals surface area contributed by atoms with Crippen LogP contribution in [0.25, 0.3) is 22.3 Å². The van der Waals surface area contributed by atoms with E-state index in [0.717, 1.165) is 50.6 Å². The van der Waals surface area contributed by atoms with E-state index in [1.807, 2.05) is 59.7 Å². The topological polar surface area (TPSA) is 59.7 Å². The third kappa shape index (κ3) is 4.64. The van der Waals surface area contributed by atoms with Gasteiger partial charge in [0.25, 0.3) is 0 Å². The van der Waals surface area contributed by atoms with Gasteiger partial charge in [-0.1, -0.05) is 48.2 Å². The van der Waals surface area contributed by atoms with Gasteiger partial charge in [-0.2, -0.15) is 5.10 Å². The van der Waals surface area contributed by atoms with Crippen molar-refractivity contribution in [3.8, 4) is 17.0 Å². The smallest absolute Gasteiger partial charge is 0.238 e. The molecule has 0 atom stereocenters. The molecule has 0 N–H and O–H groups in total. The summed E-state index contributed by atoms with van der Waals surface area (Å²) in [6.07, 6.45) is 2.15. The van der Waals surface area contributed by atoms with E-state index >= 15 is 0 Å². The molecule has 6 nitrogen and oxygen atoms in total. The van der Waals surface area contributed by atoms with Crippen molar-refractivity contribution >= 4 is 34.4 Å². The minimum Gasteiger partial charge on any atom is -0.494 e. The van der Waals surface area contributed by atoms with Gasteiger partial charge in [0.1, 0.15) is 5.75 Å². The first kappa shape index (κ1) is 25.1. The lowest BCUT2D eigenvalue weighted by atomic mass is 9.88. The lowest BCUT2D eigenvalue weighted by Gasteiger charge is -2.41. The number of aryl methyl sites for hydroxylation is 2. The van der Waals surface area contributed by atoms with Gasteiger partial charge in [-0.05, 0) is 76.9 Å². The number of thioether (sulfide) groups is 1. The van der Waals surface area contributed by atoms with Crippen molar-refractivity contribution in [2.45, 2.75) is 52.2 Å². The number of nitrogens with zero attached hydrogens (tertiary/aromatic N) is 4. The predicted molar refractivity (Wildman–Crippen MR) is 151 cm³/mol. The molecule has 37 heavy (non-hydrogen) atoms. The van der Waals surface area contributed by atoms with Crippen molar-refractivity contribution < 1.29 is 9.53 Å². The van der Waals surface area contributed by atoms with Gasteiger partial charge in [0.2, 0.25) is 5.91 Å². The fraction of sp³-hybridized carbons (Fsp3) is 0.300. The summed E-state index contributed by atoms with van der Waals surface area (Å²) in [5, 5.41) is 5.47. The molecule has 1 aliphatic heterocycles. The molecular weight excluding hydrogens is 480 g/mol. The number of aromatic nitrogens is 3. The number of carbonyl (C=O) groups excluding carboxylic acids is 1. The SMILES string of the molecule is CCOc1ccc2c(c1)C(C)=CC(C)(C)N2C(=O)CSc1nc(-c2ccccc2)c2c(C)cc(C)nn12. The van der Waals surface area contributed by atoms with Crippen LogP contribution in [0.3, 0.4) is 0 Å². The van der Waals surface area contributed by atoms with Gasteiger partial charge in [0, 0.05) is 11.1 Å². The number of fused-ring (bicyclic) bond motifs is 2. The molecule has 0 fully saturated rings. The van der Waals surface area contributed by atoms with E-state index in [0.29, 0.717) is 11.8 Å². The first-order valence-electron chi connectivity index (χ1n) is 12.5. The predicted octanol–water partition coefficient (Wildman–Crippen LogP) is 6.73. The molecule has 0 spiro atoms. The summed E-state index contributed by atoms with van der Waals surface area (Å²) in [5.41, 5.74) is 7.50. The molecule has 2 aromatic carbocycles. The summed E-state index contributed by atoms with van der Waals surface area (Å²) in [6, 6.07) is 18.2. The van der Waals surface area contributed by atoms with Gasteiger partial charge in [0.15, 0.2) is 5.16 Å². The molecule has 190 valence electrons. The number of imidazole rings is 1.